The lowest BCUT2D eigenvalue weighted by molar-refractivity contribution is -0.131. The first kappa shape index (κ1) is 16.4. The van der Waals surface area contributed by atoms with Gasteiger partial charge in [0.2, 0.25) is 17.7 Å². The molecule has 1 aliphatic heterocycles. The van der Waals surface area contributed by atoms with Crippen LogP contribution in [0.5, 0.6) is 0 Å². The van der Waals surface area contributed by atoms with Crippen molar-refractivity contribution in [3.8, 4) is 0 Å². The summed E-state index contributed by atoms with van der Waals surface area (Å²) in [7, 11) is 1.64. The summed E-state index contributed by atoms with van der Waals surface area (Å²) in [6, 6.07) is 0.126. The summed E-state index contributed by atoms with van der Waals surface area (Å²) in [6.07, 6.45) is 1.37. The van der Waals surface area contributed by atoms with Crippen LogP contribution in [0.15, 0.2) is 4.52 Å². The first-order chi connectivity index (χ1) is 10.5. The van der Waals surface area contributed by atoms with Crippen molar-refractivity contribution in [1.82, 2.24) is 25.3 Å². The Hall–Kier alpha value is -1.96. The number of likely N-dealkylation sites (tertiary alicyclic amines) is 1. The standard InChI is InChI=1S/C14H23N5O3/c1-10-16-13(17-22-10)9-19(11(2)20)12-4-6-18(8-12)7-5-14(21)15-3/h12H,4-9H2,1-3H3,(H,15,21)/t12-/m1/s1. The summed E-state index contributed by atoms with van der Waals surface area (Å²) in [5.41, 5.74) is 0. The highest BCUT2D eigenvalue weighted by Gasteiger charge is 2.30. The van der Waals surface area contributed by atoms with Crippen LogP contribution in [0.4, 0.5) is 0 Å². The summed E-state index contributed by atoms with van der Waals surface area (Å²) in [5, 5.41) is 6.47. The van der Waals surface area contributed by atoms with E-state index >= 15 is 0 Å². The number of carbonyl (C=O) groups is 2. The van der Waals surface area contributed by atoms with E-state index in [4.69, 9.17) is 4.52 Å². The number of amides is 2. The quantitative estimate of drug-likeness (QED) is 0.791. The molecule has 1 aromatic rings. The van der Waals surface area contributed by atoms with E-state index in [2.05, 4.69) is 20.4 Å². The van der Waals surface area contributed by atoms with Crippen LogP contribution in [0.1, 0.15) is 31.5 Å². The molecule has 8 heteroatoms. The molecule has 22 heavy (non-hydrogen) atoms. The van der Waals surface area contributed by atoms with Gasteiger partial charge >= 0.3 is 0 Å². The highest BCUT2D eigenvalue weighted by Crippen LogP contribution is 2.18. The van der Waals surface area contributed by atoms with Crippen molar-refractivity contribution in [1.29, 1.82) is 0 Å². The predicted octanol–water partition coefficient (Wildman–Crippen LogP) is -0.0631. The van der Waals surface area contributed by atoms with E-state index in [-0.39, 0.29) is 17.9 Å². The van der Waals surface area contributed by atoms with E-state index in [1.807, 2.05) is 0 Å². The molecule has 2 heterocycles. The molecule has 1 aliphatic rings. The number of nitrogens with zero attached hydrogens (tertiary/aromatic N) is 4. The Morgan fingerprint density at radius 2 is 2.27 bits per heavy atom. The number of aromatic nitrogens is 2. The molecule has 1 aromatic heterocycles. The van der Waals surface area contributed by atoms with Crippen LogP contribution in [-0.4, -0.2) is 64.5 Å². The van der Waals surface area contributed by atoms with Gasteiger partial charge < -0.3 is 19.6 Å². The fourth-order valence-corrected chi connectivity index (χ4v) is 2.71. The Morgan fingerprint density at radius 1 is 1.50 bits per heavy atom. The van der Waals surface area contributed by atoms with Crippen LogP contribution in [0, 0.1) is 6.92 Å². The minimum Gasteiger partial charge on any atom is -0.359 e. The molecule has 0 saturated carbocycles. The lowest BCUT2D eigenvalue weighted by Gasteiger charge is -2.27. The van der Waals surface area contributed by atoms with Crippen molar-refractivity contribution < 1.29 is 14.1 Å². The molecule has 1 fully saturated rings. The van der Waals surface area contributed by atoms with Gasteiger partial charge in [-0.1, -0.05) is 5.16 Å². The van der Waals surface area contributed by atoms with Gasteiger partial charge in [-0.25, -0.2) is 0 Å². The third-order valence-corrected chi connectivity index (χ3v) is 3.91. The second-order valence-electron chi connectivity index (χ2n) is 5.54. The molecule has 2 rings (SSSR count). The Kier molecular flexibility index (Phi) is 5.48. The van der Waals surface area contributed by atoms with E-state index in [1.165, 1.54) is 0 Å². The fourth-order valence-electron chi connectivity index (χ4n) is 2.71. The summed E-state index contributed by atoms with van der Waals surface area (Å²) in [4.78, 5) is 31.4. The van der Waals surface area contributed by atoms with Crippen molar-refractivity contribution in [3.05, 3.63) is 11.7 Å². The van der Waals surface area contributed by atoms with E-state index in [0.29, 0.717) is 31.2 Å². The van der Waals surface area contributed by atoms with Crippen molar-refractivity contribution in [2.24, 2.45) is 0 Å². The molecule has 0 radical (unpaired) electrons. The zero-order valence-corrected chi connectivity index (χ0v) is 13.3. The van der Waals surface area contributed by atoms with Crippen molar-refractivity contribution in [3.63, 3.8) is 0 Å². The largest absolute Gasteiger partial charge is 0.359 e. The molecule has 0 bridgehead atoms. The number of rotatable bonds is 6. The van der Waals surface area contributed by atoms with E-state index in [1.54, 1.807) is 25.8 Å². The van der Waals surface area contributed by atoms with Gasteiger partial charge in [0.05, 0.1) is 6.54 Å². The van der Waals surface area contributed by atoms with Crippen LogP contribution in [-0.2, 0) is 16.1 Å². The van der Waals surface area contributed by atoms with Crippen LogP contribution in [0.25, 0.3) is 0 Å². The minimum absolute atomic E-state index is 0.000560. The van der Waals surface area contributed by atoms with E-state index in [9.17, 15) is 9.59 Å². The van der Waals surface area contributed by atoms with Crippen molar-refractivity contribution in [2.75, 3.05) is 26.7 Å². The number of aryl methyl sites for hydroxylation is 1. The first-order valence-corrected chi connectivity index (χ1v) is 7.49. The van der Waals surface area contributed by atoms with Gasteiger partial charge in [0.25, 0.3) is 0 Å². The summed E-state index contributed by atoms with van der Waals surface area (Å²) in [6.45, 7) is 6.01. The molecular formula is C14H23N5O3. The van der Waals surface area contributed by atoms with Crippen LogP contribution >= 0.6 is 0 Å². The average molecular weight is 309 g/mol. The maximum atomic E-state index is 11.9. The summed E-state index contributed by atoms with van der Waals surface area (Å²) < 4.78 is 4.95. The second-order valence-corrected chi connectivity index (χ2v) is 5.54. The van der Waals surface area contributed by atoms with Gasteiger partial charge in [-0.05, 0) is 6.42 Å². The molecule has 122 valence electrons. The molecule has 1 atom stereocenters. The van der Waals surface area contributed by atoms with E-state index < -0.39 is 0 Å². The molecular weight excluding hydrogens is 286 g/mol. The highest BCUT2D eigenvalue weighted by molar-refractivity contribution is 5.75. The normalized spacial score (nSPS) is 18.4. The zero-order valence-electron chi connectivity index (χ0n) is 13.3. The van der Waals surface area contributed by atoms with Crippen molar-refractivity contribution >= 4 is 11.8 Å². The topological polar surface area (TPSA) is 91.6 Å². The maximum absolute atomic E-state index is 11.9. The third kappa shape index (κ3) is 4.27. The number of carbonyl (C=O) groups excluding carboxylic acids is 2. The Balaban J connectivity index is 1.90. The number of nitrogens with one attached hydrogen (secondary N) is 1. The SMILES string of the molecule is CNC(=O)CCN1CC[C@@H](N(Cc2noc(C)n2)C(C)=O)C1. The lowest BCUT2D eigenvalue weighted by Crippen LogP contribution is -2.40. The molecule has 0 aromatic carbocycles. The van der Waals surface area contributed by atoms with Gasteiger partial charge in [0, 0.05) is 53.0 Å². The Bertz CT molecular complexity index is 530. The van der Waals surface area contributed by atoms with Crippen molar-refractivity contribution in [2.45, 2.75) is 39.3 Å². The van der Waals surface area contributed by atoms with E-state index in [0.717, 1.165) is 19.5 Å². The second kappa shape index (κ2) is 7.35. The van der Waals surface area contributed by atoms with Gasteiger partial charge in [-0.2, -0.15) is 4.98 Å². The first-order valence-electron chi connectivity index (χ1n) is 7.49. The third-order valence-electron chi connectivity index (χ3n) is 3.91. The van der Waals surface area contributed by atoms with Crippen LogP contribution in [0.3, 0.4) is 0 Å². The maximum Gasteiger partial charge on any atom is 0.223 e. The molecule has 1 N–H and O–H groups in total. The Morgan fingerprint density at radius 3 is 2.86 bits per heavy atom. The van der Waals surface area contributed by atoms with Gasteiger partial charge in [0.1, 0.15) is 0 Å². The molecule has 8 nitrogen and oxygen atoms in total. The van der Waals surface area contributed by atoms with Gasteiger partial charge in [-0.15, -0.1) is 0 Å². The minimum atomic E-state index is 0.000560. The molecule has 2 amide bonds. The zero-order chi connectivity index (χ0) is 16.1. The molecule has 0 unspecified atom stereocenters. The number of hydrogen-bond acceptors (Lipinski definition) is 6. The molecule has 0 spiro atoms. The lowest BCUT2D eigenvalue weighted by atomic mass is 10.2. The number of hydrogen-bond donors (Lipinski definition) is 1. The summed E-state index contributed by atoms with van der Waals surface area (Å²) >= 11 is 0. The average Bonchev–Trinajstić information content (AvgIpc) is 3.10. The monoisotopic (exact) mass is 309 g/mol. The van der Waals surface area contributed by atoms with Crippen LogP contribution < -0.4 is 5.32 Å². The van der Waals surface area contributed by atoms with Crippen LogP contribution in [0.2, 0.25) is 0 Å². The smallest absolute Gasteiger partial charge is 0.223 e. The molecule has 0 aliphatic carbocycles. The highest BCUT2D eigenvalue weighted by atomic mass is 16.5. The molecule has 1 saturated heterocycles. The van der Waals surface area contributed by atoms with Gasteiger partial charge in [-0.3, -0.25) is 9.59 Å². The van der Waals surface area contributed by atoms with Gasteiger partial charge in [0.15, 0.2) is 5.82 Å². The summed E-state index contributed by atoms with van der Waals surface area (Å²) in [5.74, 6) is 1.06. The predicted molar refractivity (Wildman–Crippen MR) is 78.8 cm³/mol. The Labute approximate surface area is 129 Å². The fraction of sp³-hybridized carbons (Fsp3) is 0.714.